The van der Waals surface area contributed by atoms with Crippen molar-refractivity contribution >= 4 is 11.9 Å². The largest absolute Gasteiger partial charge is 0.501 e. The van der Waals surface area contributed by atoms with Gasteiger partial charge < -0.3 is 9.72 Å². The summed E-state index contributed by atoms with van der Waals surface area (Å²) in [6.07, 6.45) is 3.75. The van der Waals surface area contributed by atoms with Crippen molar-refractivity contribution < 1.29 is 9.53 Å². The third-order valence-corrected chi connectivity index (χ3v) is 3.64. The Balaban J connectivity index is 2.44. The molecule has 6 heteroatoms. The predicted octanol–water partition coefficient (Wildman–Crippen LogP) is 2.17. The molecular formula is C18H20N2O4. The highest BCUT2D eigenvalue weighted by atomic mass is 16.5. The van der Waals surface area contributed by atoms with Gasteiger partial charge in [-0.3, -0.25) is 14.6 Å². The molecule has 0 saturated carbocycles. The lowest BCUT2D eigenvalue weighted by Crippen LogP contribution is -2.30. The second-order valence-corrected chi connectivity index (χ2v) is 5.28. The number of rotatable bonds is 6. The van der Waals surface area contributed by atoms with Crippen LogP contribution < -0.4 is 11.2 Å². The van der Waals surface area contributed by atoms with Crippen LogP contribution in [0.2, 0.25) is 0 Å². The van der Waals surface area contributed by atoms with Gasteiger partial charge in [-0.15, -0.1) is 0 Å². The van der Waals surface area contributed by atoms with E-state index in [1.165, 1.54) is 0 Å². The molecule has 0 atom stereocenters. The van der Waals surface area contributed by atoms with Gasteiger partial charge in [0.15, 0.2) is 0 Å². The zero-order valence-corrected chi connectivity index (χ0v) is 13.9. The first kappa shape index (κ1) is 17.5. The maximum atomic E-state index is 12.8. The molecule has 0 saturated heterocycles. The smallest absolute Gasteiger partial charge is 0.326 e. The summed E-state index contributed by atoms with van der Waals surface area (Å²) in [4.78, 5) is 40.7. The van der Waals surface area contributed by atoms with Crippen molar-refractivity contribution in [3.05, 3.63) is 73.2 Å². The molecule has 0 fully saturated rings. The van der Waals surface area contributed by atoms with E-state index in [0.717, 1.165) is 11.1 Å². The van der Waals surface area contributed by atoms with Crippen molar-refractivity contribution in [3.63, 3.8) is 0 Å². The quantitative estimate of drug-likeness (QED) is 0.628. The van der Waals surface area contributed by atoms with Gasteiger partial charge in [-0.1, -0.05) is 25.1 Å². The van der Waals surface area contributed by atoms with Crippen molar-refractivity contribution in [2.75, 3.05) is 6.61 Å². The fraction of sp³-hybridized carbons (Fsp3) is 0.278. The van der Waals surface area contributed by atoms with Gasteiger partial charge in [-0.25, -0.2) is 4.79 Å². The van der Waals surface area contributed by atoms with Crippen LogP contribution in [0.4, 0.5) is 0 Å². The summed E-state index contributed by atoms with van der Waals surface area (Å²) >= 11 is 0. The fourth-order valence-corrected chi connectivity index (χ4v) is 2.45. The number of aromatic amines is 2. The first-order chi connectivity index (χ1) is 11.5. The van der Waals surface area contributed by atoms with Gasteiger partial charge in [0.25, 0.3) is 5.56 Å². The Bertz CT molecular complexity index is 891. The number of H-pyrrole nitrogens is 2. The van der Waals surface area contributed by atoms with Crippen molar-refractivity contribution in [1.82, 2.24) is 9.97 Å². The Kier molecular flexibility index (Phi) is 5.52. The van der Waals surface area contributed by atoms with E-state index < -0.39 is 11.2 Å². The zero-order chi connectivity index (χ0) is 17.7. The van der Waals surface area contributed by atoms with Crippen LogP contribution in [0.15, 0.2) is 34.1 Å². The Labute approximate surface area is 139 Å². The van der Waals surface area contributed by atoms with Crippen molar-refractivity contribution in [3.8, 4) is 0 Å². The number of hydrogen-bond donors (Lipinski definition) is 2. The van der Waals surface area contributed by atoms with Crippen molar-refractivity contribution in [2.24, 2.45) is 0 Å². The highest BCUT2D eigenvalue weighted by Gasteiger charge is 2.18. The second kappa shape index (κ2) is 7.59. The summed E-state index contributed by atoms with van der Waals surface area (Å²) in [5.41, 5.74) is 1.20. The lowest BCUT2D eigenvalue weighted by Gasteiger charge is -2.09. The molecule has 126 valence electrons. The molecule has 1 aromatic heterocycles. The minimum absolute atomic E-state index is 0.0481. The van der Waals surface area contributed by atoms with Crippen LogP contribution in [0.25, 0.3) is 6.08 Å². The number of aromatic nitrogens is 2. The van der Waals surface area contributed by atoms with Crippen LogP contribution in [-0.2, 0) is 11.2 Å². The van der Waals surface area contributed by atoms with Crippen molar-refractivity contribution in [2.45, 2.75) is 27.2 Å². The molecule has 2 N–H and O–H groups in total. The summed E-state index contributed by atoms with van der Waals surface area (Å²) in [6, 6.07) is 5.31. The first-order valence-corrected chi connectivity index (χ1v) is 7.76. The molecule has 24 heavy (non-hydrogen) atoms. The number of carbonyl (C=O) groups is 1. The van der Waals surface area contributed by atoms with Gasteiger partial charge in [0.05, 0.1) is 18.6 Å². The Morgan fingerprint density at radius 2 is 1.96 bits per heavy atom. The summed E-state index contributed by atoms with van der Waals surface area (Å²) in [5.74, 6) is -0.368. The Morgan fingerprint density at radius 1 is 1.21 bits per heavy atom. The van der Waals surface area contributed by atoms with E-state index in [4.69, 9.17) is 4.74 Å². The van der Waals surface area contributed by atoms with E-state index in [0.29, 0.717) is 18.6 Å². The van der Waals surface area contributed by atoms with E-state index >= 15 is 0 Å². The van der Waals surface area contributed by atoms with Crippen LogP contribution in [0, 0.1) is 6.92 Å². The summed E-state index contributed by atoms with van der Waals surface area (Å²) in [7, 11) is 0. The van der Waals surface area contributed by atoms with E-state index in [2.05, 4.69) is 9.97 Å². The maximum absolute atomic E-state index is 12.8. The topological polar surface area (TPSA) is 92.0 Å². The minimum Gasteiger partial charge on any atom is -0.501 e. The molecule has 2 aromatic rings. The van der Waals surface area contributed by atoms with Gasteiger partial charge in [0.2, 0.25) is 5.78 Å². The van der Waals surface area contributed by atoms with E-state index in [9.17, 15) is 14.4 Å². The minimum atomic E-state index is -0.686. The molecule has 1 heterocycles. The molecule has 0 radical (unpaired) electrons. The zero-order valence-electron chi connectivity index (χ0n) is 13.9. The van der Waals surface area contributed by atoms with Crippen LogP contribution in [0.3, 0.4) is 0 Å². The molecule has 0 aliphatic rings. The number of benzene rings is 1. The monoisotopic (exact) mass is 328 g/mol. The molecule has 0 unspecified atom stereocenters. The Morgan fingerprint density at radius 3 is 2.58 bits per heavy atom. The maximum Gasteiger partial charge on any atom is 0.326 e. The van der Waals surface area contributed by atoms with E-state index in [1.54, 1.807) is 31.4 Å². The molecule has 6 nitrogen and oxygen atoms in total. The molecule has 0 amide bonds. The van der Waals surface area contributed by atoms with Gasteiger partial charge >= 0.3 is 5.69 Å². The summed E-state index contributed by atoms with van der Waals surface area (Å²) in [6.45, 7) is 6.04. The number of ether oxygens (including phenoxy) is 1. The molecule has 0 spiro atoms. The lowest BCUT2D eigenvalue weighted by molar-refractivity contribution is 0.103. The predicted molar refractivity (Wildman–Crippen MR) is 92.3 cm³/mol. The van der Waals surface area contributed by atoms with Crippen LogP contribution in [0.1, 0.15) is 46.6 Å². The van der Waals surface area contributed by atoms with E-state index in [1.807, 2.05) is 19.9 Å². The molecule has 0 aliphatic heterocycles. The second-order valence-electron chi connectivity index (χ2n) is 5.28. The number of hydrogen-bond acceptors (Lipinski definition) is 4. The molecular weight excluding hydrogens is 308 g/mol. The molecule has 0 aliphatic carbocycles. The Hall–Kier alpha value is -2.89. The molecule has 0 bridgehead atoms. The number of aryl methyl sites for hydroxylation is 1. The van der Waals surface area contributed by atoms with Gasteiger partial charge in [0.1, 0.15) is 0 Å². The lowest BCUT2D eigenvalue weighted by atomic mass is 9.97. The van der Waals surface area contributed by atoms with Crippen LogP contribution >= 0.6 is 0 Å². The third-order valence-electron chi connectivity index (χ3n) is 3.64. The summed E-state index contributed by atoms with van der Waals surface area (Å²) in [5, 5.41) is 0. The third kappa shape index (κ3) is 3.71. The standard InChI is InChI=1S/C18H20N2O4/c1-4-13-15(19-18(23)20-17(13)22)16(21)14-7-6-12(10-11(14)3)8-9-24-5-2/h6-10H,4-5H2,1-3H3,(H2,19,20,22,23)/b9-8+. The van der Waals surface area contributed by atoms with Gasteiger partial charge in [-0.2, -0.15) is 0 Å². The average molecular weight is 328 g/mol. The fourth-order valence-electron chi connectivity index (χ4n) is 2.45. The van der Waals surface area contributed by atoms with Gasteiger partial charge in [0, 0.05) is 11.1 Å². The molecule has 2 rings (SSSR count). The first-order valence-electron chi connectivity index (χ1n) is 7.76. The van der Waals surface area contributed by atoms with E-state index in [-0.39, 0.29) is 17.0 Å². The SMILES string of the molecule is CCO/C=C/c1ccc(C(=O)c2[nH]c(=O)[nH]c(=O)c2CC)c(C)c1. The highest BCUT2D eigenvalue weighted by molar-refractivity contribution is 6.09. The van der Waals surface area contributed by atoms with Crippen LogP contribution in [-0.4, -0.2) is 22.4 Å². The number of ketones is 1. The molecule has 1 aromatic carbocycles. The number of carbonyl (C=O) groups excluding carboxylic acids is 1. The van der Waals surface area contributed by atoms with Crippen LogP contribution in [0.5, 0.6) is 0 Å². The van der Waals surface area contributed by atoms with Gasteiger partial charge in [-0.05, 0) is 37.5 Å². The average Bonchev–Trinajstić information content (AvgIpc) is 2.54. The number of nitrogens with one attached hydrogen (secondary N) is 2. The normalized spacial score (nSPS) is 11.0. The van der Waals surface area contributed by atoms with Crippen molar-refractivity contribution in [1.29, 1.82) is 0 Å². The summed E-state index contributed by atoms with van der Waals surface area (Å²) < 4.78 is 5.16. The highest BCUT2D eigenvalue weighted by Crippen LogP contribution is 2.17.